The van der Waals surface area contributed by atoms with Crippen LogP contribution in [0.2, 0.25) is 0 Å². The fourth-order valence-electron chi connectivity index (χ4n) is 0.997. The van der Waals surface area contributed by atoms with Crippen LogP contribution < -0.4 is 0 Å². The van der Waals surface area contributed by atoms with Crippen LogP contribution in [0.5, 0.6) is 0 Å². The normalized spacial score (nSPS) is 10.7. The maximum atomic E-state index is 4.17. The second-order valence-electron chi connectivity index (χ2n) is 2.32. The number of aromatic nitrogens is 3. The van der Waals surface area contributed by atoms with Crippen LogP contribution in [-0.4, -0.2) is 14.5 Å². The van der Waals surface area contributed by atoms with E-state index in [-0.39, 0.29) is 0 Å². The lowest BCUT2D eigenvalue weighted by molar-refractivity contribution is 0.931. The Morgan fingerprint density at radius 2 is 2.27 bits per heavy atom. The summed E-state index contributed by atoms with van der Waals surface area (Å²) in [5.74, 6) is 0. The lowest BCUT2D eigenvalue weighted by Gasteiger charge is -1.92. The van der Waals surface area contributed by atoms with Crippen LogP contribution in [0.15, 0.2) is 23.1 Å². The number of halogens is 1. The van der Waals surface area contributed by atoms with Gasteiger partial charge in [0.25, 0.3) is 0 Å². The van der Waals surface area contributed by atoms with Crippen molar-refractivity contribution in [2.24, 2.45) is 7.05 Å². The molecule has 0 aromatic carbocycles. The third-order valence-electron chi connectivity index (χ3n) is 1.55. The van der Waals surface area contributed by atoms with E-state index in [1.54, 1.807) is 12.5 Å². The van der Waals surface area contributed by atoms with Gasteiger partial charge in [-0.05, 0) is 22.0 Å². The van der Waals surface area contributed by atoms with Crippen LogP contribution >= 0.6 is 15.9 Å². The summed E-state index contributed by atoms with van der Waals surface area (Å²) in [6.07, 6.45) is 3.51. The number of aryl methyl sites for hydroxylation is 1. The molecule has 0 N–H and O–H groups in total. The molecule has 2 rings (SSSR count). The number of rotatable bonds is 0. The molecule has 2 heterocycles. The maximum absolute atomic E-state index is 4.17. The molecule has 0 aliphatic carbocycles. The van der Waals surface area contributed by atoms with Crippen molar-refractivity contribution in [1.29, 1.82) is 0 Å². The van der Waals surface area contributed by atoms with Crippen molar-refractivity contribution in [3.63, 3.8) is 0 Å². The fraction of sp³-hybridized carbons (Fsp3) is 0.143. The Balaban J connectivity index is 2.94. The molecule has 0 saturated heterocycles. The summed E-state index contributed by atoms with van der Waals surface area (Å²) in [5, 5.41) is 0. The summed E-state index contributed by atoms with van der Waals surface area (Å²) < 4.78 is 2.88. The first-order valence-corrected chi connectivity index (χ1v) is 4.00. The van der Waals surface area contributed by atoms with E-state index in [0.29, 0.717) is 0 Å². The Morgan fingerprint density at radius 1 is 1.45 bits per heavy atom. The van der Waals surface area contributed by atoms with Gasteiger partial charge in [-0.2, -0.15) is 0 Å². The average Bonchev–Trinajstić information content (AvgIpc) is 2.35. The number of pyridine rings is 1. The van der Waals surface area contributed by atoms with Gasteiger partial charge >= 0.3 is 0 Å². The number of fused-ring (bicyclic) bond motifs is 1. The Morgan fingerprint density at radius 3 is 3.00 bits per heavy atom. The SMILES string of the molecule is Cn1cnc2c(Br)ccnc21. The summed E-state index contributed by atoms with van der Waals surface area (Å²) in [6, 6.07) is 1.88. The second kappa shape index (κ2) is 2.30. The minimum Gasteiger partial charge on any atom is -0.318 e. The van der Waals surface area contributed by atoms with Gasteiger partial charge in [0.1, 0.15) is 5.52 Å². The predicted molar refractivity (Wildman–Crippen MR) is 46.2 cm³/mol. The minimum atomic E-state index is 0.902. The largest absolute Gasteiger partial charge is 0.318 e. The van der Waals surface area contributed by atoms with Crippen LogP contribution in [0.1, 0.15) is 0 Å². The van der Waals surface area contributed by atoms with E-state index in [1.807, 2.05) is 17.7 Å². The summed E-state index contributed by atoms with van der Waals surface area (Å²) in [7, 11) is 1.93. The topological polar surface area (TPSA) is 30.7 Å². The van der Waals surface area contributed by atoms with Gasteiger partial charge in [0.05, 0.1) is 6.33 Å². The first kappa shape index (κ1) is 6.79. The van der Waals surface area contributed by atoms with Gasteiger partial charge in [0, 0.05) is 17.7 Å². The standard InChI is InChI=1S/C7H6BrN3/c1-11-4-10-6-5(8)2-3-9-7(6)11/h2-4H,1H3. The van der Waals surface area contributed by atoms with Crippen molar-refractivity contribution in [1.82, 2.24) is 14.5 Å². The molecule has 0 radical (unpaired) electrons. The van der Waals surface area contributed by atoms with Gasteiger partial charge in [0.2, 0.25) is 0 Å². The lowest BCUT2D eigenvalue weighted by Crippen LogP contribution is -1.86. The quantitative estimate of drug-likeness (QED) is 0.665. The van der Waals surface area contributed by atoms with Gasteiger partial charge in [-0.25, -0.2) is 9.97 Å². The molecular weight excluding hydrogens is 206 g/mol. The Hall–Kier alpha value is -0.900. The monoisotopic (exact) mass is 211 g/mol. The number of hydrogen-bond donors (Lipinski definition) is 0. The van der Waals surface area contributed by atoms with Gasteiger partial charge in [-0.1, -0.05) is 0 Å². The van der Waals surface area contributed by atoms with Crippen LogP contribution in [-0.2, 0) is 7.05 Å². The highest BCUT2D eigenvalue weighted by Crippen LogP contribution is 2.18. The molecule has 0 spiro atoms. The summed E-state index contributed by atoms with van der Waals surface area (Å²) in [6.45, 7) is 0. The van der Waals surface area contributed by atoms with Crippen molar-refractivity contribution < 1.29 is 0 Å². The van der Waals surface area contributed by atoms with Crippen molar-refractivity contribution in [2.75, 3.05) is 0 Å². The summed E-state index contributed by atoms with van der Waals surface area (Å²) in [5.41, 5.74) is 1.81. The van der Waals surface area contributed by atoms with Crippen LogP contribution in [0.4, 0.5) is 0 Å². The zero-order valence-corrected chi connectivity index (χ0v) is 7.54. The van der Waals surface area contributed by atoms with E-state index in [0.717, 1.165) is 15.6 Å². The Labute approximate surface area is 72.2 Å². The number of imidazole rings is 1. The molecule has 4 heteroatoms. The molecule has 0 aliphatic heterocycles. The molecule has 2 aromatic rings. The van der Waals surface area contributed by atoms with E-state index < -0.39 is 0 Å². The smallest absolute Gasteiger partial charge is 0.160 e. The zero-order valence-electron chi connectivity index (χ0n) is 5.95. The molecule has 0 unspecified atom stereocenters. The second-order valence-corrected chi connectivity index (χ2v) is 3.17. The lowest BCUT2D eigenvalue weighted by atomic mass is 10.4. The Kier molecular flexibility index (Phi) is 1.42. The molecular formula is C7H6BrN3. The van der Waals surface area contributed by atoms with Crippen molar-refractivity contribution in [2.45, 2.75) is 0 Å². The molecule has 0 amide bonds. The van der Waals surface area contributed by atoms with Crippen LogP contribution in [0, 0.1) is 0 Å². The third kappa shape index (κ3) is 0.939. The molecule has 0 aliphatic rings. The highest BCUT2D eigenvalue weighted by Gasteiger charge is 2.02. The average molecular weight is 212 g/mol. The first-order chi connectivity index (χ1) is 5.29. The van der Waals surface area contributed by atoms with E-state index in [4.69, 9.17) is 0 Å². The van der Waals surface area contributed by atoms with E-state index >= 15 is 0 Å². The van der Waals surface area contributed by atoms with Crippen LogP contribution in [0.3, 0.4) is 0 Å². The molecule has 0 saturated carbocycles. The van der Waals surface area contributed by atoms with E-state index in [2.05, 4.69) is 25.9 Å². The van der Waals surface area contributed by atoms with Crippen LogP contribution in [0.25, 0.3) is 11.2 Å². The van der Waals surface area contributed by atoms with E-state index in [9.17, 15) is 0 Å². The van der Waals surface area contributed by atoms with Crippen molar-refractivity contribution >= 4 is 27.1 Å². The van der Waals surface area contributed by atoms with E-state index in [1.165, 1.54) is 0 Å². The molecule has 11 heavy (non-hydrogen) atoms. The van der Waals surface area contributed by atoms with Gasteiger partial charge in [0.15, 0.2) is 5.65 Å². The molecule has 3 nitrogen and oxygen atoms in total. The van der Waals surface area contributed by atoms with Crippen molar-refractivity contribution in [3.05, 3.63) is 23.1 Å². The molecule has 56 valence electrons. The fourth-order valence-corrected chi connectivity index (χ4v) is 1.39. The summed E-state index contributed by atoms with van der Waals surface area (Å²) >= 11 is 3.39. The molecule has 0 fully saturated rings. The minimum absolute atomic E-state index is 0.902. The van der Waals surface area contributed by atoms with Gasteiger partial charge in [-0.3, -0.25) is 0 Å². The first-order valence-electron chi connectivity index (χ1n) is 3.20. The molecule has 0 bridgehead atoms. The zero-order chi connectivity index (χ0) is 7.84. The molecule has 0 atom stereocenters. The van der Waals surface area contributed by atoms with Gasteiger partial charge in [-0.15, -0.1) is 0 Å². The highest BCUT2D eigenvalue weighted by atomic mass is 79.9. The number of hydrogen-bond acceptors (Lipinski definition) is 2. The highest BCUT2D eigenvalue weighted by molar-refractivity contribution is 9.10. The van der Waals surface area contributed by atoms with Crippen molar-refractivity contribution in [3.8, 4) is 0 Å². The maximum Gasteiger partial charge on any atom is 0.160 e. The summed E-state index contributed by atoms with van der Waals surface area (Å²) in [4.78, 5) is 8.34. The third-order valence-corrected chi connectivity index (χ3v) is 2.19. The van der Waals surface area contributed by atoms with Gasteiger partial charge < -0.3 is 4.57 Å². The predicted octanol–water partition coefficient (Wildman–Crippen LogP) is 1.73. The molecule has 2 aromatic heterocycles. The Bertz CT molecular complexity index is 393. The number of nitrogens with zero attached hydrogens (tertiary/aromatic N) is 3.